The van der Waals surface area contributed by atoms with E-state index in [-0.39, 0.29) is 30.2 Å². The number of amides is 2. The van der Waals surface area contributed by atoms with Crippen molar-refractivity contribution in [3.8, 4) is 11.5 Å². The lowest BCUT2D eigenvalue weighted by atomic mass is 9.73. The van der Waals surface area contributed by atoms with E-state index in [0.717, 1.165) is 49.1 Å². The number of para-hydroxylation sites is 1. The lowest BCUT2D eigenvalue weighted by molar-refractivity contribution is -0.142. The first-order valence-electron chi connectivity index (χ1n) is 12.8. The maximum atomic E-state index is 13.4. The van der Waals surface area contributed by atoms with E-state index >= 15 is 0 Å². The minimum absolute atomic E-state index is 0.00636. The number of benzene rings is 2. The fourth-order valence-electron chi connectivity index (χ4n) is 5.04. The van der Waals surface area contributed by atoms with Gasteiger partial charge in [0.1, 0.15) is 18.1 Å². The maximum Gasteiger partial charge on any atom is 0.416 e. The second-order valence-corrected chi connectivity index (χ2v) is 9.98. The molecule has 0 aromatic heterocycles. The van der Waals surface area contributed by atoms with Crippen LogP contribution in [0.4, 0.5) is 13.2 Å². The van der Waals surface area contributed by atoms with Crippen molar-refractivity contribution < 1.29 is 32.2 Å². The Kier molecular flexibility index (Phi) is 8.29. The number of rotatable bonds is 3. The van der Waals surface area contributed by atoms with E-state index in [0.29, 0.717) is 32.5 Å². The van der Waals surface area contributed by atoms with Crippen molar-refractivity contribution >= 4 is 11.8 Å². The summed E-state index contributed by atoms with van der Waals surface area (Å²) in [6, 6.07) is 12.3. The zero-order valence-corrected chi connectivity index (χ0v) is 21.0. The van der Waals surface area contributed by atoms with Crippen molar-refractivity contribution in [2.24, 2.45) is 5.41 Å². The Morgan fingerprint density at radius 2 is 1.86 bits per heavy atom. The molecular weight excluding hydrogens is 485 g/mol. The van der Waals surface area contributed by atoms with Crippen LogP contribution in [0.15, 0.2) is 48.5 Å². The molecule has 1 atom stereocenters. The number of likely N-dealkylation sites (tertiary alicyclic amines) is 1. The molecule has 0 unspecified atom stereocenters. The lowest BCUT2D eigenvalue weighted by Gasteiger charge is -2.41. The summed E-state index contributed by atoms with van der Waals surface area (Å²) in [5.41, 5.74) is -0.225. The first-order chi connectivity index (χ1) is 17.7. The minimum Gasteiger partial charge on any atom is -0.491 e. The highest BCUT2D eigenvalue weighted by Gasteiger charge is 2.42. The van der Waals surface area contributed by atoms with Crippen LogP contribution in [0.2, 0.25) is 0 Å². The molecule has 4 rings (SSSR count). The van der Waals surface area contributed by atoms with Crippen LogP contribution in [0, 0.1) is 5.41 Å². The molecule has 1 fully saturated rings. The molecule has 37 heavy (non-hydrogen) atoms. The predicted molar refractivity (Wildman–Crippen MR) is 132 cm³/mol. The van der Waals surface area contributed by atoms with Crippen LogP contribution in [-0.2, 0) is 22.2 Å². The number of nitrogens with one attached hydrogen (secondary N) is 1. The van der Waals surface area contributed by atoms with Crippen LogP contribution in [0.1, 0.15) is 50.2 Å². The third kappa shape index (κ3) is 6.76. The van der Waals surface area contributed by atoms with Gasteiger partial charge in [0.25, 0.3) is 5.91 Å². The molecule has 2 amide bonds. The van der Waals surface area contributed by atoms with E-state index in [9.17, 15) is 22.8 Å². The van der Waals surface area contributed by atoms with Gasteiger partial charge in [-0.2, -0.15) is 13.2 Å². The Bertz CT molecular complexity index is 1100. The third-order valence-corrected chi connectivity index (χ3v) is 7.27. The van der Waals surface area contributed by atoms with E-state index in [1.165, 1.54) is 12.1 Å². The highest BCUT2D eigenvalue weighted by atomic mass is 19.4. The van der Waals surface area contributed by atoms with Gasteiger partial charge in [0.05, 0.1) is 17.0 Å². The van der Waals surface area contributed by atoms with Crippen molar-refractivity contribution in [3.63, 3.8) is 0 Å². The largest absolute Gasteiger partial charge is 0.491 e. The van der Waals surface area contributed by atoms with E-state index in [2.05, 4.69) is 11.4 Å². The number of carbonyl (C=O) groups is 2. The highest BCUT2D eigenvalue weighted by Crippen LogP contribution is 2.38. The summed E-state index contributed by atoms with van der Waals surface area (Å²) in [5, 5.41) is 3.11. The third-order valence-electron chi connectivity index (χ3n) is 7.27. The Balaban J connectivity index is 1.35. The maximum absolute atomic E-state index is 13.4. The number of carbonyl (C=O) groups excluding carboxylic acids is 2. The number of fused-ring (bicyclic) bond motifs is 1. The van der Waals surface area contributed by atoms with Crippen LogP contribution in [0.25, 0.3) is 0 Å². The van der Waals surface area contributed by atoms with Gasteiger partial charge < -0.3 is 19.7 Å². The van der Waals surface area contributed by atoms with Crippen molar-refractivity contribution in [1.82, 2.24) is 10.2 Å². The SMILES string of the molecule is C[C@H]1COc2ccccc2CCCCC2(CCN(C(=O)COc3cccc(C(F)(F)F)c3)CC2)C(=O)N1. The van der Waals surface area contributed by atoms with Gasteiger partial charge >= 0.3 is 6.18 Å². The van der Waals surface area contributed by atoms with Gasteiger partial charge in [0.15, 0.2) is 6.61 Å². The standard InChI is InChI=1S/C28H33F3N2O4/c1-20-18-37-24-11-3-2-7-21(24)8-4-5-12-27(26(35)32-20)13-15-33(16-14-27)25(34)19-36-23-10-6-9-22(17-23)28(29,30)31/h2-3,6-7,9-11,17,20H,4-5,8,12-16,18-19H2,1H3,(H,32,35)/t20-/m0/s1. The van der Waals surface area contributed by atoms with Crippen LogP contribution < -0.4 is 14.8 Å². The molecule has 2 aliphatic rings. The van der Waals surface area contributed by atoms with Gasteiger partial charge in [0, 0.05) is 13.1 Å². The summed E-state index contributed by atoms with van der Waals surface area (Å²) in [5.74, 6) is 0.537. The number of halogens is 3. The van der Waals surface area contributed by atoms with E-state index < -0.39 is 17.2 Å². The van der Waals surface area contributed by atoms with Gasteiger partial charge in [-0.25, -0.2) is 0 Å². The quantitative estimate of drug-likeness (QED) is 0.621. The van der Waals surface area contributed by atoms with Crippen LogP contribution >= 0.6 is 0 Å². The molecule has 0 radical (unpaired) electrons. The molecule has 2 aromatic carbocycles. The second kappa shape index (κ2) is 11.4. The van der Waals surface area contributed by atoms with Gasteiger partial charge in [-0.3, -0.25) is 9.59 Å². The highest BCUT2D eigenvalue weighted by molar-refractivity contribution is 5.84. The summed E-state index contributed by atoms with van der Waals surface area (Å²) in [7, 11) is 0. The topological polar surface area (TPSA) is 67.9 Å². The van der Waals surface area contributed by atoms with Gasteiger partial charge in [-0.05, 0) is 68.9 Å². The summed E-state index contributed by atoms with van der Waals surface area (Å²) in [6.07, 6.45) is -0.0133. The Labute approximate surface area is 215 Å². The zero-order valence-electron chi connectivity index (χ0n) is 21.0. The smallest absolute Gasteiger partial charge is 0.416 e. The molecule has 1 saturated heterocycles. The summed E-state index contributed by atoms with van der Waals surface area (Å²) in [4.78, 5) is 27.8. The molecule has 9 heteroatoms. The minimum atomic E-state index is -4.48. The van der Waals surface area contributed by atoms with E-state index in [1.807, 2.05) is 25.1 Å². The molecule has 0 aliphatic carbocycles. The van der Waals surface area contributed by atoms with Crippen molar-refractivity contribution in [1.29, 1.82) is 0 Å². The average Bonchev–Trinajstić information content (AvgIpc) is 2.88. The molecule has 0 bridgehead atoms. The molecule has 1 N–H and O–H groups in total. The lowest BCUT2D eigenvalue weighted by Crippen LogP contribution is -2.53. The summed E-state index contributed by atoms with van der Waals surface area (Å²) in [6.45, 7) is 2.73. The molecule has 0 saturated carbocycles. The molecule has 2 heterocycles. The molecular formula is C28H33F3N2O4. The molecule has 2 aliphatic heterocycles. The first kappa shape index (κ1) is 26.8. The number of piperidine rings is 1. The number of ether oxygens (including phenoxy) is 2. The fourth-order valence-corrected chi connectivity index (χ4v) is 5.04. The van der Waals surface area contributed by atoms with Crippen LogP contribution in [-0.4, -0.2) is 49.1 Å². The normalized spacial score (nSPS) is 20.6. The monoisotopic (exact) mass is 518 g/mol. The molecule has 1 spiro atoms. The Morgan fingerprint density at radius 1 is 1.11 bits per heavy atom. The van der Waals surface area contributed by atoms with Crippen LogP contribution in [0.3, 0.4) is 0 Å². The van der Waals surface area contributed by atoms with Crippen molar-refractivity contribution in [3.05, 3.63) is 59.7 Å². The van der Waals surface area contributed by atoms with Crippen LogP contribution in [0.5, 0.6) is 11.5 Å². The zero-order chi connectivity index (χ0) is 26.5. The van der Waals surface area contributed by atoms with Crippen molar-refractivity contribution in [2.75, 3.05) is 26.3 Å². The average molecular weight is 519 g/mol. The number of aryl methyl sites for hydroxylation is 1. The predicted octanol–water partition coefficient (Wildman–Crippen LogP) is 5.00. The fraction of sp³-hybridized carbons (Fsp3) is 0.500. The van der Waals surface area contributed by atoms with E-state index in [4.69, 9.17) is 9.47 Å². The Hall–Kier alpha value is -3.23. The van der Waals surface area contributed by atoms with Gasteiger partial charge in [-0.1, -0.05) is 30.7 Å². The van der Waals surface area contributed by atoms with E-state index in [1.54, 1.807) is 4.90 Å². The first-order valence-corrected chi connectivity index (χ1v) is 12.8. The summed E-state index contributed by atoms with van der Waals surface area (Å²) < 4.78 is 50.1. The number of nitrogens with zero attached hydrogens (tertiary/aromatic N) is 1. The molecule has 6 nitrogen and oxygen atoms in total. The summed E-state index contributed by atoms with van der Waals surface area (Å²) >= 11 is 0. The second-order valence-electron chi connectivity index (χ2n) is 9.98. The molecule has 200 valence electrons. The van der Waals surface area contributed by atoms with Crippen molar-refractivity contribution in [2.45, 2.75) is 57.7 Å². The Morgan fingerprint density at radius 3 is 2.62 bits per heavy atom. The number of alkyl halides is 3. The van der Waals surface area contributed by atoms with Gasteiger partial charge in [-0.15, -0.1) is 0 Å². The number of hydrogen-bond donors (Lipinski definition) is 1. The molecule has 2 aromatic rings. The van der Waals surface area contributed by atoms with Gasteiger partial charge in [0.2, 0.25) is 5.91 Å². The number of hydrogen-bond acceptors (Lipinski definition) is 4.